The number of aromatic nitrogens is 2. The lowest BCUT2D eigenvalue weighted by atomic mass is 10.1. The molecule has 6 heteroatoms. The van der Waals surface area contributed by atoms with E-state index in [2.05, 4.69) is 10.3 Å². The first-order valence-electron chi connectivity index (χ1n) is 8.60. The van der Waals surface area contributed by atoms with Crippen molar-refractivity contribution in [1.29, 1.82) is 0 Å². The number of fused-ring (bicyclic) bond motifs is 1. The van der Waals surface area contributed by atoms with Crippen LogP contribution in [0.25, 0.3) is 11.0 Å². The number of carbonyl (C=O) groups is 1. The van der Waals surface area contributed by atoms with Crippen molar-refractivity contribution in [1.82, 2.24) is 14.9 Å². The summed E-state index contributed by atoms with van der Waals surface area (Å²) in [7, 11) is 0. The van der Waals surface area contributed by atoms with Crippen LogP contribution in [0, 0.1) is 0 Å². The Morgan fingerprint density at radius 3 is 2.58 bits per heavy atom. The molecule has 0 spiro atoms. The highest BCUT2D eigenvalue weighted by molar-refractivity contribution is 5.81. The minimum atomic E-state index is -0.452. The van der Waals surface area contributed by atoms with Gasteiger partial charge in [-0.1, -0.05) is 30.3 Å². The van der Waals surface area contributed by atoms with Gasteiger partial charge in [-0.25, -0.2) is 4.98 Å². The molecule has 3 N–H and O–H groups in total. The lowest BCUT2D eigenvalue weighted by Crippen LogP contribution is -2.45. The fraction of sp³-hybridized carbons (Fsp3) is 0.300. The van der Waals surface area contributed by atoms with Gasteiger partial charge < -0.3 is 20.4 Å². The second kappa shape index (κ2) is 7.58. The van der Waals surface area contributed by atoms with Gasteiger partial charge in [-0.15, -0.1) is 0 Å². The number of carbonyl (C=O) groups excluding carboxylic acids is 1. The van der Waals surface area contributed by atoms with Crippen LogP contribution >= 0.6 is 0 Å². The Balaban J connectivity index is 1.79. The number of hydrogen-bond acceptors (Lipinski definition) is 4. The van der Waals surface area contributed by atoms with E-state index < -0.39 is 5.54 Å². The van der Waals surface area contributed by atoms with Crippen LogP contribution in [0.1, 0.15) is 19.7 Å². The molecular weight excluding hydrogens is 328 g/mol. The molecule has 1 aromatic heterocycles. The van der Waals surface area contributed by atoms with Crippen LogP contribution in [0.3, 0.4) is 0 Å². The van der Waals surface area contributed by atoms with Crippen LogP contribution < -0.4 is 15.8 Å². The molecule has 0 aliphatic heterocycles. The highest BCUT2D eigenvalue weighted by Crippen LogP contribution is 2.18. The predicted octanol–water partition coefficient (Wildman–Crippen LogP) is 2.47. The molecule has 0 saturated carbocycles. The molecule has 0 unspecified atom stereocenters. The molecule has 0 aliphatic carbocycles. The third kappa shape index (κ3) is 4.61. The third-order valence-corrected chi connectivity index (χ3v) is 3.89. The van der Waals surface area contributed by atoms with Gasteiger partial charge in [0.25, 0.3) is 0 Å². The minimum Gasteiger partial charge on any atom is -0.486 e. The predicted molar refractivity (Wildman–Crippen MR) is 102 cm³/mol. The lowest BCUT2D eigenvalue weighted by Gasteiger charge is -2.19. The normalized spacial score (nSPS) is 11.5. The second-order valence-corrected chi connectivity index (χ2v) is 6.97. The van der Waals surface area contributed by atoms with E-state index in [1.807, 2.05) is 73.0 Å². The molecule has 26 heavy (non-hydrogen) atoms. The summed E-state index contributed by atoms with van der Waals surface area (Å²) in [6.45, 7) is 4.62. The molecule has 136 valence electrons. The van der Waals surface area contributed by atoms with Gasteiger partial charge in [-0.3, -0.25) is 4.79 Å². The van der Waals surface area contributed by atoms with Crippen molar-refractivity contribution < 1.29 is 9.53 Å². The van der Waals surface area contributed by atoms with Crippen LogP contribution in [0.15, 0.2) is 54.6 Å². The first kappa shape index (κ1) is 17.9. The number of nitrogens with zero attached hydrogens (tertiary/aromatic N) is 2. The standard InChI is InChI=1S/C20H24N4O2/c1-20(2,21)14-22-19(25)12-24-17-11-7-6-10-16(17)23-18(24)13-26-15-8-4-3-5-9-15/h3-11H,12-14,21H2,1-2H3,(H,22,25). The lowest BCUT2D eigenvalue weighted by molar-refractivity contribution is -0.121. The molecular formula is C20H24N4O2. The van der Waals surface area contributed by atoms with Crippen LogP contribution in [0.5, 0.6) is 5.75 Å². The van der Waals surface area contributed by atoms with Gasteiger partial charge in [0.2, 0.25) is 5.91 Å². The highest BCUT2D eigenvalue weighted by Gasteiger charge is 2.16. The molecule has 0 fully saturated rings. The van der Waals surface area contributed by atoms with Gasteiger partial charge in [0, 0.05) is 12.1 Å². The number of rotatable bonds is 7. The molecule has 0 radical (unpaired) electrons. The Kier molecular flexibility index (Phi) is 5.23. The molecule has 3 aromatic rings. The van der Waals surface area contributed by atoms with Crippen LogP contribution in [-0.4, -0.2) is 27.5 Å². The van der Waals surface area contributed by atoms with Crippen molar-refractivity contribution >= 4 is 16.9 Å². The number of imidazole rings is 1. The third-order valence-electron chi connectivity index (χ3n) is 3.89. The van der Waals surface area contributed by atoms with Crippen molar-refractivity contribution in [2.45, 2.75) is 32.5 Å². The van der Waals surface area contributed by atoms with E-state index >= 15 is 0 Å². The van der Waals surface area contributed by atoms with Crippen molar-refractivity contribution in [3.63, 3.8) is 0 Å². The van der Waals surface area contributed by atoms with E-state index in [1.54, 1.807) is 0 Å². The molecule has 0 aliphatic rings. The fourth-order valence-electron chi connectivity index (χ4n) is 2.60. The summed E-state index contributed by atoms with van der Waals surface area (Å²) in [5.41, 5.74) is 7.23. The number of amides is 1. The summed E-state index contributed by atoms with van der Waals surface area (Å²) >= 11 is 0. The quantitative estimate of drug-likeness (QED) is 0.684. The first-order chi connectivity index (χ1) is 12.4. The van der Waals surface area contributed by atoms with E-state index in [4.69, 9.17) is 10.5 Å². The Bertz CT molecular complexity index is 882. The number of nitrogens with two attached hydrogens (primary N) is 1. The molecule has 0 bridgehead atoms. The second-order valence-electron chi connectivity index (χ2n) is 6.97. The van der Waals surface area contributed by atoms with Gasteiger partial charge >= 0.3 is 0 Å². The van der Waals surface area contributed by atoms with Gasteiger partial charge in [0.05, 0.1) is 11.0 Å². The van der Waals surface area contributed by atoms with Crippen molar-refractivity contribution in [3.8, 4) is 5.75 Å². The van der Waals surface area contributed by atoms with Gasteiger partial charge in [0.1, 0.15) is 24.7 Å². The molecule has 1 amide bonds. The smallest absolute Gasteiger partial charge is 0.240 e. The first-order valence-corrected chi connectivity index (χ1v) is 8.60. The van der Waals surface area contributed by atoms with Gasteiger partial charge in [-0.05, 0) is 38.1 Å². The highest BCUT2D eigenvalue weighted by atomic mass is 16.5. The van der Waals surface area contributed by atoms with Crippen molar-refractivity contribution in [2.24, 2.45) is 5.73 Å². The molecule has 6 nitrogen and oxygen atoms in total. The summed E-state index contributed by atoms with van der Waals surface area (Å²) in [5, 5.41) is 2.87. The Hall–Kier alpha value is -2.86. The van der Waals surface area contributed by atoms with Crippen LogP contribution in [0.2, 0.25) is 0 Å². The fourth-order valence-corrected chi connectivity index (χ4v) is 2.60. The summed E-state index contributed by atoms with van der Waals surface area (Å²) in [6.07, 6.45) is 0. The van der Waals surface area contributed by atoms with Crippen molar-refractivity contribution in [2.75, 3.05) is 6.54 Å². The summed E-state index contributed by atoms with van der Waals surface area (Å²) in [5.74, 6) is 1.37. The number of ether oxygens (including phenoxy) is 1. The number of benzene rings is 2. The Morgan fingerprint density at radius 1 is 1.15 bits per heavy atom. The van der Waals surface area contributed by atoms with Crippen LogP contribution in [0.4, 0.5) is 0 Å². The van der Waals surface area contributed by atoms with E-state index in [-0.39, 0.29) is 19.1 Å². The van der Waals surface area contributed by atoms with Gasteiger partial charge in [-0.2, -0.15) is 0 Å². The minimum absolute atomic E-state index is 0.104. The molecule has 0 atom stereocenters. The average Bonchev–Trinajstić information content (AvgIpc) is 2.96. The molecule has 2 aromatic carbocycles. The summed E-state index contributed by atoms with van der Waals surface area (Å²) in [6, 6.07) is 17.3. The SMILES string of the molecule is CC(C)(N)CNC(=O)Cn1c(COc2ccccc2)nc2ccccc21. The average molecular weight is 352 g/mol. The number of para-hydroxylation sites is 3. The van der Waals surface area contributed by atoms with Crippen molar-refractivity contribution in [3.05, 3.63) is 60.4 Å². The zero-order chi connectivity index (χ0) is 18.6. The zero-order valence-corrected chi connectivity index (χ0v) is 15.1. The molecule has 1 heterocycles. The number of hydrogen-bond donors (Lipinski definition) is 2. The van der Waals surface area contributed by atoms with Gasteiger partial charge in [0.15, 0.2) is 0 Å². The maximum Gasteiger partial charge on any atom is 0.240 e. The van der Waals surface area contributed by atoms with E-state index in [1.165, 1.54) is 0 Å². The Labute approximate surface area is 153 Å². The van der Waals surface area contributed by atoms with E-state index in [9.17, 15) is 4.79 Å². The van der Waals surface area contributed by atoms with Crippen LogP contribution in [-0.2, 0) is 17.9 Å². The van der Waals surface area contributed by atoms with E-state index in [0.717, 1.165) is 16.8 Å². The number of nitrogens with one attached hydrogen (secondary N) is 1. The Morgan fingerprint density at radius 2 is 1.85 bits per heavy atom. The summed E-state index contributed by atoms with van der Waals surface area (Å²) in [4.78, 5) is 17.0. The maximum absolute atomic E-state index is 12.4. The topological polar surface area (TPSA) is 82.2 Å². The largest absolute Gasteiger partial charge is 0.486 e. The monoisotopic (exact) mass is 352 g/mol. The molecule has 3 rings (SSSR count). The summed E-state index contributed by atoms with van der Waals surface area (Å²) < 4.78 is 7.71. The molecule has 0 saturated heterocycles. The van der Waals surface area contributed by atoms with E-state index in [0.29, 0.717) is 12.4 Å². The maximum atomic E-state index is 12.4. The zero-order valence-electron chi connectivity index (χ0n) is 15.1.